The van der Waals surface area contributed by atoms with Crippen molar-refractivity contribution < 1.29 is 9.16 Å². The molecule has 3 heteroatoms. The standard InChI is InChI=1S/C19H36O2Si/c1-8-10-11-12-13-17-15-18(14-16(9-2)20-17)21-22(6,7)19(3,4)5/h9,12-13,16-18H,2,8,10-11,14-15H2,1,3-7H3/b13-12+/t16-,17+,18+/m0/s1. The SMILES string of the molecule is C=C[C@H]1C[C@@H](O[Si](C)(C)C(C)(C)C)C[C@@H](/C=C/CCCC)O1. The second kappa shape index (κ2) is 8.46. The van der Waals surface area contributed by atoms with Crippen LogP contribution in [0, 0.1) is 0 Å². The highest BCUT2D eigenvalue weighted by Gasteiger charge is 2.40. The minimum Gasteiger partial charge on any atom is -0.414 e. The van der Waals surface area contributed by atoms with E-state index in [1.165, 1.54) is 12.8 Å². The molecule has 1 rings (SSSR count). The Labute approximate surface area is 139 Å². The Morgan fingerprint density at radius 2 is 1.86 bits per heavy atom. The first-order valence-corrected chi connectivity index (χ1v) is 11.7. The lowest BCUT2D eigenvalue weighted by Crippen LogP contribution is -2.47. The van der Waals surface area contributed by atoms with Gasteiger partial charge in [-0.25, -0.2) is 0 Å². The van der Waals surface area contributed by atoms with Crippen molar-refractivity contribution >= 4 is 8.32 Å². The molecule has 1 fully saturated rings. The Bertz CT molecular complexity index is 368. The highest BCUT2D eigenvalue weighted by Crippen LogP contribution is 2.39. The molecule has 0 bridgehead atoms. The molecule has 0 aromatic rings. The van der Waals surface area contributed by atoms with Crippen LogP contribution in [0.25, 0.3) is 0 Å². The number of rotatable bonds is 7. The van der Waals surface area contributed by atoms with Gasteiger partial charge in [0.25, 0.3) is 0 Å². The van der Waals surface area contributed by atoms with E-state index in [9.17, 15) is 0 Å². The van der Waals surface area contributed by atoms with E-state index in [-0.39, 0.29) is 17.2 Å². The zero-order valence-electron chi connectivity index (χ0n) is 15.5. The van der Waals surface area contributed by atoms with Crippen LogP contribution < -0.4 is 0 Å². The van der Waals surface area contributed by atoms with E-state index in [0.29, 0.717) is 6.10 Å². The third-order valence-corrected chi connectivity index (χ3v) is 9.48. The van der Waals surface area contributed by atoms with Gasteiger partial charge in [-0.2, -0.15) is 0 Å². The maximum atomic E-state index is 6.61. The van der Waals surface area contributed by atoms with E-state index >= 15 is 0 Å². The topological polar surface area (TPSA) is 18.5 Å². The van der Waals surface area contributed by atoms with Crippen molar-refractivity contribution in [1.82, 2.24) is 0 Å². The predicted molar refractivity (Wildman–Crippen MR) is 98.8 cm³/mol. The van der Waals surface area contributed by atoms with E-state index < -0.39 is 8.32 Å². The average Bonchev–Trinajstić information content (AvgIpc) is 2.41. The van der Waals surface area contributed by atoms with Crippen LogP contribution in [0.15, 0.2) is 24.8 Å². The summed E-state index contributed by atoms with van der Waals surface area (Å²) >= 11 is 0. The third kappa shape index (κ3) is 6.02. The summed E-state index contributed by atoms with van der Waals surface area (Å²) in [5, 5.41) is 0.251. The average molecular weight is 325 g/mol. The Balaban J connectivity index is 2.67. The fourth-order valence-electron chi connectivity index (χ4n) is 2.49. The lowest BCUT2D eigenvalue weighted by Gasteiger charge is -2.42. The van der Waals surface area contributed by atoms with Gasteiger partial charge in [0.05, 0.1) is 18.3 Å². The van der Waals surface area contributed by atoms with E-state index in [2.05, 4.69) is 59.5 Å². The molecule has 0 saturated carbocycles. The normalized spacial score (nSPS) is 27.3. The highest BCUT2D eigenvalue weighted by molar-refractivity contribution is 6.74. The summed E-state index contributed by atoms with van der Waals surface area (Å²) < 4.78 is 12.7. The van der Waals surface area contributed by atoms with Crippen molar-refractivity contribution in [2.24, 2.45) is 0 Å². The van der Waals surface area contributed by atoms with E-state index in [1.807, 2.05) is 6.08 Å². The lowest BCUT2D eigenvalue weighted by molar-refractivity contribution is -0.0505. The van der Waals surface area contributed by atoms with Gasteiger partial charge < -0.3 is 9.16 Å². The van der Waals surface area contributed by atoms with Crippen LogP contribution in [0.2, 0.25) is 18.1 Å². The zero-order valence-corrected chi connectivity index (χ0v) is 16.5. The van der Waals surface area contributed by atoms with Crippen molar-refractivity contribution in [3.05, 3.63) is 24.8 Å². The first-order valence-electron chi connectivity index (χ1n) is 8.82. The molecule has 0 unspecified atom stereocenters. The van der Waals surface area contributed by atoms with Crippen LogP contribution in [-0.4, -0.2) is 26.6 Å². The van der Waals surface area contributed by atoms with E-state index in [4.69, 9.17) is 9.16 Å². The summed E-state index contributed by atoms with van der Waals surface area (Å²) in [6.07, 6.45) is 12.5. The van der Waals surface area contributed by atoms with Crippen molar-refractivity contribution in [2.45, 2.75) is 96.2 Å². The molecule has 1 aliphatic heterocycles. The molecule has 0 aromatic heterocycles. The molecule has 0 radical (unpaired) electrons. The number of hydrogen-bond acceptors (Lipinski definition) is 2. The van der Waals surface area contributed by atoms with Crippen LogP contribution in [0.5, 0.6) is 0 Å². The Morgan fingerprint density at radius 3 is 2.41 bits per heavy atom. The number of hydrogen-bond donors (Lipinski definition) is 0. The molecule has 1 saturated heterocycles. The summed E-state index contributed by atoms with van der Waals surface area (Å²) in [6.45, 7) is 17.7. The van der Waals surface area contributed by atoms with Gasteiger partial charge in [0.2, 0.25) is 0 Å². The fourth-order valence-corrected chi connectivity index (χ4v) is 3.86. The number of unbranched alkanes of at least 4 members (excludes halogenated alkanes) is 2. The van der Waals surface area contributed by atoms with E-state index in [0.717, 1.165) is 19.3 Å². The minimum absolute atomic E-state index is 0.115. The summed E-state index contributed by atoms with van der Waals surface area (Å²) in [5.74, 6) is 0. The summed E-state index contributed by atoms with van der Waals surface area (Å²) in [7, 11) is -1.72. The van der Waals surface area contributed by atoms with Gasteiger partial charge in [-0.3, -0.25) is 0 Å². The van der Waals surface area contributed by atoms with Gasteiger partial charge in [-0.1, -0.05) is 58.8 Å². The smallest absolute Gasteiger partial charge is 0.192 e. The minimum atomic E-state index is -1.72. The molecule has 22 heavy (non-hydrogen) atoms. The molecule has 0 amide bonds. The second-order valence-corrected chi connectivity index (χ2v) is 12.7. The molecule has 0 spiro atoms. The van der Waals surface area contributed by atoms with Gasteiger partial charge in [-0.15, -0.1) is 6.58 Å². The molecule has 2 nitrogen and oxygen atoms in total. The predicted octanol–water partition coefficient (Wildman–Crippen LogP) is 5.86. The van der Waals surface area contributed by atoms with Gasteiger partial charge in [0, 0.05) is 12.8 Å². The number of ether oxygens (including phenoxy) is 1. The molecule has 128 valence electrons. The quantitative estimate of drug-likeness (QED) is 0.332. The van der Waals surface area contributed by atoms with Crippen molar-refractivity contribution in [1.29, 1.82) is 0 Å². The largest absolute Gasteiger partial charge is 0.414 e. The second-order valence-electron chi connectivity index (χ2n) is 7.99. The van der Waals surface area contributed by atoms with Crippen LogP contribution in [0.1, 0.15) is 59.8 Å². The molecule has 0 aliphatic carbocycles. The zero-order chi connectivity index (χ0) is 16.8. The molecule has 1 heterocycles. The Hall–Kier alpha value is -0.383. The number of allylic oxidation sites excluding steroid dienone is 1. The van der Waals surface area contributed by atoms with Crippen molar-refractivity contribution in [3.8, 4) is 0 Å². The molecular weight excluding hydrogens is 288 g/mol. The highest BCUT2D eigenvalue weighted by atomic mass is 28.4. The van der Waals surface area contributed by atoms with Crippen LogP contribution in [-0.2, 0) is 9.16 Å². The molecule has 1 aliphatic rings. The van der Waals surface area contributed by atoms with Crippen LogP contribution in [0.3, 0.4) is 0 Å². The van der Waals surface area contributed by atoms with Crippen LogP contribution >= 0.6 is 0 Å². The molecule has 0 N–H and O–H groups in total. The maximum absolute atomic E-state index is 6.61. The van der Waals surface area contributed by atoms with E-state index in [1.54, 1.807) is 0 Å². The summed E-state index contributed by atoms with van der Waals surface area (Å²) in [6, 6.07) is 0. The van der Waals surface area contributed by atoms with Gasteiger partial charge in [0.1, 0.15) is 0 Å². The Morgan fingerprint density at radius 1 is 1.23 bits per heavy atom. The Kier molecular flexibility index (Phi) is 7.56. The van der Waals surface area contributed by atoms with Crippen molar-refractivity contribution in [2.75, 3.05) is 0 Å². The van der Waals surface area contributed by atoms with Crippen LogP contribution in [0.4, 0.5) is 0 Å². The third-order valence-electron chi connectivity index (χ3n) is 4.95. The first-order chi connectivity index (χ1) is 10.2. The first kappa shape index (κ1) is 19.7. The van der Waals surface area contributed by atoms with Crippen molar-refractivity contribution in [3.63, 3.8) is 0 Å². The van der Waals surface area contributed by atoms with Gasteiger partial charge in [0.15, 0.2) is 8.32 Å². The maximum Gasteiger partial charge on any atom is 0.192 e. The molecular formula is C19H36O2Si. The van der Waals surface area contributed by atoms with Gasteiger partial charge in [-0.05, 0) is 24.6 Å². The summed E-state index contributed by atoms with van der Waals surface area (Å²) in [4.78, 5) is 0. The lowest BCUT2D eigenvalue weighted by atomic mass is 10.0. The fraction of sp³-hybridized carbons (Fsp3) is 0.789. The monoisotopic (exact) mass is 324 g/mol. The molecule has 0 aromatic carbocycles. The molecule has 3 atom stereocenters. The van der Waals surface area contributed by atoms with Gasteiger partial charge >= 0.3 is 0 Å². The summed E-state index contributed by atoms with van der Waals surface area (Å²) in [5.41, 5.74) is 0.